The molecule has 294 valence electrons. The van der Waals surface area contributed by atoms with Crippen molar-refractivity contribution in [3.05, 3.63) is 0 Å². The van der Waals surface area contributed by atoms with Gasteiger partial charge in [-0.15, -0.1) is 0 Å². The van der Waals surface area contributed by atoms with Gasteiger partial charge in [-0.2, -0.15) is 0 Å². The van der Waals surface area contributed by atoms with Crippen LogP contribution < -0.4 is 0 Å². The van der Waals surface area contributed by atoms with Crippen LogP contribution in [0.4, 0.5) is 0 Å². The van der Waals surface area contributed by atoms with Crippen LogP contribution in [0.25, 0.3) is 0 Å². The molecule has 0 amide bonds. The zero-order chi connectivity index (χ0) is 35.8. The summed E-state index contributed by atoms with van der Waals surface area (Å²) in [7, 11) is -4.03. The van der Waals surface area contributed by atoms with Crippen LogP contribution in [0.3, 0.4) is 0 Å². The van der Waals surface area contributed by atoms with Crippen molar-refractivity contribution in [1.82, 2.24) is 0 Å². The van der Waals surface area contributed by atoms with E-state index >= 15 is 0 Å². The highest BCUT2D eigenvalue weighted by atomic mass is 16.7. The summed E-state index contributed by atoms with van der Waals surface area (Å²) in [4.78, 5) is 0. The number of rotatable bonds is 0. The number of hydrogen-bond acceptors (Lipinski definition) is 12. The largest absolute Gasteiger partial charge is 0.488 e. The van der Waals surface area contributed by atoms with Crippen LogP contribution in [-0.2, 0) is 55.9 Å². The lowest BCUT2D eigenvalue weighted by molar-refractivity contribution is -0.0889. The molecule has 10 aliphatic rings. The normalized spacial score (nSPS) is 44.0. The molecule has 0 N–H and O–H groups in total. The van der Waals surface area contributed by atoms with E-state index in [1.165, 1.54) is 0 Å². The van der Waals surface area contributed by atoms with Gasteiger partial charge in [0.2, 0.25) is 0 Å². The Bertz CT molecular complexity index is 1000. The van der Waals surface area contributed by atoms with Gasteiger partial charge >= 0.3 is 42.1 Å². The van der Waals surface area contributed by atoms with E-state index in [1.807, 2.05) is 0 Å². The predicted octanol–water partition coefficient (Wildman–Crippen LogP) is 5.27. The molecule has 6 aliphatic carbocycles. The second-order valence-corrected chi connectivity index (χ2v) is 18.0. The molecule has 12 nitrogen and oxygen atoms in total. The SMILES string of the molecule is C1CC[C@@H]2OB3O[C@@H]4CCCC[C@H]4OB4O[C@@H]5CCCC[C@H]5OB4O[C@@H]4CCCC[C@H]4OB4O[C@@H]5CCCC[C@H]5OB4O[C@@H]4CCCC[C@H]4OB3O[C@H]2C1. The fraction of sp³-hybridized carbons (Fsp3) is 1.00. The van der Waals surface area contributed by atoms with Gasteiger partial charge in [0.25, 0.3) is 0 Å². The highest BCUT2D eigenvalue weighted by Gasteiger charge is 2.58. The average Bonchev–Trinajstić information content (AvgIpc) is 3.20. The van der Waals surface area contributed by atoms with E-state index in [0.717, 1.165) is 154 Å². The van der Waals surface area contributed by atoms with Crippen molar-refractivity contribution in [3.8, 4) is 0 Å². The summed E-state index contributed by atoms with van der Waals surface area (Å²) < 4.78 is 83.1. The Morgan fingerprint density at radius 1 is 0.167 bits per heavy atom. The topological polar surface area (TPSA) is 111 Å². The quantitative estimate of drug-likeness (QED) is 0.301. The van der Waals surface area contributed by atoms with Gasteiger partial charge in [-0.05, 0) is 77.0 Å². The molecule has 54 heavy (non-hydrogen) atoms. The Hall–Kier alpha value is -0.0904. The maximum atomic E-state index is 7.01. The highest BCUT2D eigenvalue weighted by molar-refractivity contribution is 7.11. The molecule has 0 aromatic carbocycles. The molecule has 4 heterocycles. The van der Waals surface area contributed by atoms with Gasteiger partial charge in [0.15, 0.2) is 0 Å². The summed E-state index contributed by atoms with van der Waals surface area (Å²) in [6.45, 7) is 0. The molecule has 0 aromatic rings. The Balaban J connectivity index is 0.974. The van der Waals surface area contributed by atoms with Crippen LogP contribution in [0.5, 0.6) is 0 Å². The van der Waals surface area contributed by atoms with Crippen molar-refractivity contribution in [3.63, 3.8) is 0 Å². The monoisotopic (exact) mass is 750 g/mol. The van der Waals surface area contributed by atoms with Crippen LogP contribution >= 0.6 is 0 Å². The Morgan fingerprint density at radius 2 is 0.259 bits per heavy atom. The van der Waals surface area contributed by atoms with E-state index in [0.29, 0.717) is 0 Å². The lowest BCUT2D eigenvalue weighted by Gasteiger charge is -2.47. The molecule has 0 spiro atoms. The van der Waals surface area contributed by atoms with E-state index < -0.39 is 42.1 Å². The molecule has 10 fully saturated rings. The predicted molar refractivity (Wildman–Crippen MR) is 204 cm³/mol. The van der Waals surface area contributed by atoms with Crippen molar-refractivity contribution >= 4 is 42.1 Å². The molecule has 4 aliphatic heterocycles. The third-order valence-electron chi connectivity index (χ3n) is 14.2. The van der Waals surface area contributed by atoms with E-state index in [-0.39, 0.29) is 73.2 Å². The summed E-state index contributed by atoms with van der Waals surface area (Å²) in [5.74, 6) is 0. The first-order valence-corrected chi connectivity index (χ1v) is 22.6. The van der Waals surface area contributed by atoms with Crippen molar-refractivity contribution in [1.29, 1.82) is 0 Å². The standard InChI is InChI=1S/C36H60B6O12/c1-2-14-26-25(13-1)43-37-38(44-26)50-33-21-9-10-22-34(33)52-41-42(48-30-18-6-5-17-29(30)47-41)54-36-24-12-11-23-35(36)53-40-39(45-27-15-3-4-16-28(27)46-40)51-32-20-8-7-19-31(32)49-37/h25-36H,1-24H2/t25-,26-,27-,28-,29+,30+,31-,32-,33-,34-,35-,36-/m1/s1. The molecule has 18 heteroatoms. The van der Waals surface area contributed by atoms with Gasteiger partial charge in [-0.25, -0.2) is 0 Å². The van der Waals surface area contributed by atoms with E-state index in [4.69, 9.17) is 55.9 Å². The second-order valence-electron chi connectivity index (χ2n) is 18.0. The van der Waals surface area contributed by atoms with E-state index in [1.54, 1.807) is 0 Å². The van der Waals surface area contributed by atoms with E-state index in [9.17, 15) is 0 Å². The van der Waals surface area contributed by atoms with Crippen molar-refractivity contribution in [2.24, 2.45) is 0 Å². The Morgan fingerprint density at radius 3 is 0.352 bits per heavy atom. The maximum Gasteiger partial charge on any atom is 0.488 e. The molecule has 6 saturated carbocycles. The molecule has 0 aromatic heterocycles. The van der Waals surface area contributed by atoms with Crippen LogP contribution in [-0.4, -0.2) is 115 Å². The van der Waals surface area contributed by atoms with Crippen LogP contribution in [0.1, 0.15) is 154 Å². The average molecular weight is 750 g/mol. The van der Waals surface area contributed by atoms with E-state index in [2.05, 4.69) is 0 Å². The summed E-state index contributed by atoms with van der Waals surface area (Å²) in [5.41, 5.74) is 0. The first-order chi connectivity index (χ1) is 26.7. The van der Waals surface area contributed by atoms with Gasteiger partial charge in [0, 0.05) is 0 Å². The van der Waals surface area contributed by atoms with Gasteiger partial charge in [-0.1, -0.05) is 77.0 Å². The number of hydrogen-bond donors (Lipinski definition) is 0. The molecule has 10 rings (SSSR count). The molecule has 12 atom stereocenters. The zero-order valence-electron chi connectivity index (χ0n) is 32.3. The minimum absolute atomic E-state index is 0.00325. The van der Waals surface area contributed by atoms with Crippen LogP contribution in [0.2, 0.25) is 0 Å². The minimum atomic E-state index is -0.672. The summed E-state index contributed by atoms with van der Waals surface area (Å²) in [6, 6.07) is 0. The molecule has 0 bridgehead atoms. The van der Waals surface area contributed by atoms with Crippen molar-refractivity contribution in [2.45, 2.75) is 227 Å². The van der Waals surface area contributed by atoms with Gasteiger partial charge in [0.05, 0.1) is 73.2 Å². The lowest BCUT2D eigenvalue weighted by atomic mass is 9.45. The fourth-order valence-electron chi connectivity index (χ4n) is 11.3. The molecule has 0 radical (unpaired) electrons. The maximum absolute atomic E-state index is 7.01. The fourth-order valence-corrected chi connectivity index (χ4v) is 11.3. The van der Waals surface area contributed by atoms with Crippen molar-refractivity contribution < 1.29 is 55.9 Å². The van der Waals surface area contributed by atoms with Crippen LogP contribution in [0.15, 0.2) is 0 Å². The van der Waals surface area contributed by atoms with Crippen LogP contribution in [0, 0.1) is 0 Å². The number of fused-ring (bicyclic) bond motifs is 9. The highest BCUT2D eigenvalue weighted by Crippen LogP contribution is 2.39. The Kier molecular flexibility index (Phi) is 12.5. The summed E-state index contributed by atoms with van der Waals surface area (Å²) >= 11 is 0. The molecule has 0 unspecified atom stereocenters. The third kappa shape index (κ3) is 8.49. The zero-order valence-corrected chi connectivity index (χ0v) is 32.3. The molecule has 4 saturated heterocycles. The Labute approximate surface area is 324 Å². The van der Waals surface area contributed by atoms with Crippen molar-refractivity contribution in [2.75, 3.05) is 0 Å². The molecular weight excluding hydrogens is 689 g/mol. The first-order valence-electron chi connectivity index (χ1n) is 22.6. The lowest BCUT2D eigenvalue weighted by Crippen LogP contribution is -2.65. The first kappa shape index (κ1) is 38.1. The van der Waals surface area contributed by atoms with Gasteiger partial charge in [0.1, 0.15) is 0 Å². The second kappa shape index (κ2) is 17.6. The molecular formula is C36H60B6O12. The van der Waals surface area contributed by atoms with Gasteiger partial charge < -0.3 is 55.9 Å². The summed E-state index contributed by atoms with van der Waals surface area (Å²) in [6.07, 6.45) is 23.0. The third-order valence-corrected chi connectivity index (χ3v) is 14.2. The summed E-state index contributed by atoms with van der Waals surface area (Å²) in [5, 5.41) is 0. The minimum Gasteiger partial charge on any atom is -0.408 e. The van der Waals surface area contributed by atoms with Gasteiger partial charge in [-0.3, -0.25) is 0 Å². The smallest absolute Gasteiger partial charge is 0.408 e.